The van der Waals surface area contributed by atoms with Crippen LogP contribution < -0.4 is 16.4 Å². The minimum absolute atomic E-state index is 0. The van der Waals surface area contributed by atoms with Crippen LogP contribution in [0.4, 0.5) is 0 Å². The maximum Gasteiger partial charge on any atom is 3.00 e. The second kappa shape index (κ2) is 43.3. The van der Waals surface area contributed by atoms with E-state index >= 15 is 0 Å². The molecule has 0 aliphatic heterocycles. The summed E-state index contributed by atoms with van der Waals surface area (Å²) in [5.74, 6) is 0. The summed E-state index contributed by atoms with van der Waals surface area (Å²) in [6, 6.07) is 0.583. The molecule has 0 aliphatic rings. The van der Waals surface area contributed by atoms with Crippen LogP contribution in [-0.2, 0) is 16.8 Å². The van der Waals surface area contributed by atoms with Crippen molar-refractivity contribution in [2.24, 2.45) is 5.73 Å². The second-order valence-electron chi connectivity index (χ2n) is 2.92. The van der Waals surface area contributed by atoms with Crippen LogP contribution in [0.15, 0.2) is 0 Å². The van der Waals surface area contributed by atoms with Crippen LogP contribution in [0.2, 0.25) is 0 Å². The zero-order chi connectivity index (χ0) is 15.9. The van der Waals surface area contributed by atoms with Crippen molar-refractivity contribution in [3.05, 3.63) is 47.9 Å². The molecule has 0 aromatic heterocycles. The molecule has 116 valence electrons. The minimum Gasteiger partial charge on any atom is -0.373 e. The SMILES string of the molecule is CC(C)NCCNCCN.[Co+3].[N-]=[N+]=[N-].[N-]=[N+]=[N-].[N-]=[N+]=[N-]. The number of hydrogen-bond acceptors (Lipinski definition) is 3. The Morgan fingerprint density at radius 2 is 1.20 bits per heavy atom. The van der Waals surface area contributed by atoms with Gasteiger partial charge in [0.1, 0.15) is 0 Å². The zero-order valence-electron chi connectivity index (χ0n) is 11.3. The van der Waals surface area contributed by atoms with Crippen LogP contribution >= 0.6 is 0 Å². The predicted molar refractivity (Wildman–Crippen MR) is 75.3 cm³/mol. The van der Waals surface area contributed by atoms with Crippen LogP contribution in [0.25, 0.3) is 47.9 Å². The van der Waals surface area contributed by atoms with Gasteiger partial charge in [0, 0.05) is 32.2 Å². The number of nitrogens with one attached hydrogen (secondary N) is 2. The Morgan fingerprint density at radius 1 is 0.850 bits per heavy atom. The molecule has 20 heavy (non-hydrogen) atoms. The molecule has 0 radical (unpaired) electrons. The summed E-state index contributed by atoms with van der Waals surface area (Å²) in [6.45, 7) is 7.96. The number of hydrogen-bond donors (Lipinski definition) is 3. The first-order valence-electron chi connectivity index (χ1n) is 5.11. The summed E-state index contributed by atoms with van der Waals surface area (Å²) in [7, 11) is 0. The Bertz CT molecular complexity index is 220. The molecule has 13 heteroatoms. The Kier molecular flexibility index (Phi) is 67.1. The first kappa shape index (κ1) is 31.0. The van der Waals surface area contributed by atoms with Gasteiger partial charge in [-0.05, 0) is 0 Å². The third kappa shape index (κ3) is 135. The molecular formula is C7H19CoN12. The van der Waals surface area contributed by atoms with Crippen molar-refractivity contribution in [1.82, 2.24) is 10.6 Å². The average Bonchev–Trinajstić information content (AvgIpc) is 2.31. The molecule has 12 nitrogen and oxygen atoms in total. The zero-order valence-corrected chi connectivity index (χ0v) is 12.4. The molecule has 0 rings (SSSR count). The standard InChI is InChI=1S/C7H19N3.Co.3N3/c1-7(2)10-6-5-9-4-3-8;;3*1-3-2/h7,9-10H,3-6,8H2,1-2H3;;;;/q;+3;3*-1. The van der Waals surface area contributed by atoms with Gasteiger partial charge in [-0.25, -0.2) is 0 Å². The van der Waals surface area contributed by atoms with Crippen molar-refractivity contribution in [2.75, 3.05) is 26.2 Å². The molecule has 0 fully saturated rings. The quantitative estimate of drug-likeness (QED) is 0.288. The van der Waals surface area contributed by atoms with E-state index in [1.807, 2.05) is 0 Å². The predicted octanol–water partition coefficient (Wildman–Crippen LogP) is 2.13. The van der Waals surface area contributed by atoms with Crippen LogP contribution in [-0.4, -0.2) is 32.2 Å². The van der Waals surface area contributed by atoms with Crippen molar-refractivity contribution in [3.63, 3.8) is 0 Å². The maximum atomic E-state index is 6.75. The molecule has 0 heterocycles. The fourth-order valence-electron chi connectivity index (χ4n) is 0.676. The molecule has 0 atom stereocenters. The third-order valence-electron chi connectivity index (χ3n) is 1.18. The van der Waals surface area contributed by atoms with Gasteiger partial charge in [-0.3, -0.25) is 14.7 Å². The maximum absolute atomic E-state index is 6.75. The van der Waals surface area contributed by atoms with Crippen LogP contribution in [0.5, 0.6) is 0 Å². The topological polar surface area (TPSA) is 226 Å². The molecule has 0 unspecified atom stereocenters. The molecule has 0 amide bonds. The van der Waals surface area contributed by atoms with Gasteiger partial charge < -0.3 is 49.6 Å². The first-order valence-corrected chi connectivity index (χ1v) is 5.11. The fraction of sp³-hybridized carbons (Fsp3) is 1.00. The summed E-state index contributed by atoms with van der Waals surface area (Å²) >= 11 is 0. The van der Waals surface area contributed by atoms with E-state index in [1.165, 1.54) is 14.7 Å². The summed E-state index contributed by atoms with van der Waals surface area (Å²) in [5, 5.41) is 6.50. The molecule has 0 aromatic rings. The Balaban J connectivity index is -0.0000000626. The minimum atomic E-state index is 0. The normalized spacial score (nSPS) is 6.60. The summed E-state index contributed by atoms with van der Waals surface area (Å²) in [6.07, 6.45) is 0. The Labute approximate surface area is 127 Å². The van der Waals surface area contributed by atoms with Gasteiger partial charge in [0.2, 0.25) is 0 Å². The molecule has 0 saturated heterocycles. The monoisotopic (exact) mass is 330 g/mol. The van der Waals surface area contributed by atoms with Crippen molar-refractivity contribution < 1.29 is 16.8 Å². The molecule has 0 bridgehead atoms. The van der Waals surface area contributed by atoms with Crippen molar-refractivity contribution in [3.8, 4) is 0 Å². The van der Waals surface area contributed by atoms with E-state index in [4.69, 9.17) is 38.9 Å². The van der Waals surface area contributed by atoms with Gasteiger partial charge in [0.15, 0.2) is 0 Å². The van der Waals surface area contributed by atoms with E-state index in [1.54, 1.807) is 0 Å². The van der Waals surface area contributed by atoms with E-state index in [-0.39, 0.29) is 16.8 Å². The van der Waals surface area contributed by atoms with Crippen LogP contribution in [0.1, 0.15) is 13.8 Å². The van der Waals surface area contributed by atoms with Crippen molar-refractivity contribution in [2.45, 2.75) is 19.9 Å². The largest absolute Gasteiger partial charge is 3.00 e. The van der Waals surface area contributed by atoms with Gasteiger partial charge in [0.05, 0.1) is 0 Å². The molecular weight excluding hydrogens is 311 g/mol. The van der Waals surface area contributed by atoms with Crippen LogP contribution in [0.3, 0.4) is 0 Å². The van der Waals surface area contributed by atoms with E-state index in [0.717, 1.165) is 26.2 Å². The van der Waals surface area contributed by atoms with Gasteiger partial charge in [-0.15, -0.1) is 0 Å². The average molecular weight is 330 g/mol. The molecule has 0 spiro atoms. The molecule has 0 saturated carbocycles. The van der Waals surface area contributed by atoms with Gasteiger partial charge >= 0.3 is 16.8 Å². The smallest absolute Gasteiger partial charge is 0.373 e. The van der Waals surface area contributed by atoms with Crippen LogP contribution in [0, 0.1) is 0 Å². The number of nitrogens with two attached hydrogens (primary N) is 1. The molecule has 0 aliphatic carbocycles. The summed E-state index contributed by atoms with van der Waals surface area (Å²) in [4.78, 5) is 4.50. The van der Waals surface area contributed by atoms with E-state index < -0.39 is 0 Å². The first-order chi connectivity index (χ1) is 9.01. The van der Waals surface area contributed by atoms with Crippen molar-refractivity contribution in [1.29, 1.82) is 0 Å². The molecule has 0 aromatic carbocycles. The van der Waals surface area contributed by atoms with E-state index in [2.05, 4.69) is 24.5 Å². The Morgan fingerprint density at radius 3 is 1.45 bits per heavy atom. The van der Waals surface area contributed by atoms with E-state index in [0.29, 0.717) is 6.04 Å². The fourth-order valence-corrected chi connectivity index (χ4v) is 0.676. The van der Waals surface area contributed by atoms with Gasteiger partial charge in [0.25, 0.3) is 0 Å². The third-order valence-corrected chi connectivity index (χ3v) is 1.18. The van der Waals surface area contributed by atoms with E-state index in [9.17, 15) is 0 Å². The number of rotatable bonds is 6. The molecule has 4 N–H and O–H groups in total. The second-order valence-corrected chi connectivity index (χ2v) is 2.92. The summed E-state index contributed by atoms with van der Waals surface area (Å²) < 4.78 is 0. The van der Waals surface area contributed by atoms with Gasteiger partial charge in [-0.2, -0.15) is 0 Å². The van der Waals surface area contributed by atoms with Crippen molar-refractivity contribution >= 4 is 0 Å². The number of nitrogens with zero attached hydrogens (tertiary/aromatic N) is 9. The summed E-state index contributed by atoms with van der Waals surface area (Å²) in [5.41, 5.74) is 45.8. The van der Waals surface area contributed by atoms with Gasteiger partial charge in [-0.1, -0.05) is 13.8 Å². The Hall–Kier alpha value is -1.68.